The summed E-state index contributed by atoms with van der Waals surface area (Å²) in [6.45, 7) is 5.84. The van der Waals surface area contributed by atoms with E-state index in [4.69, 9.17) is 9.47 Å². The van der Waals surface area contributed by atoms with Gasteiger partial charge >= 0.3 is 0 Å². The van der Waals surface area contributed by atoms with Crippen LogP contribution in [0, 0.1) is 0 Å². The molecule has 2 aliphatic heterocycles. The molecule has 0 aromatic heterocycles. The largest absolute Gasteiger partial charge is 0.493 e. The smallest absolute Gasteiger partial charge is 0.221 e. The molecule has 2 aliphatic rings. The van der Waals surface area contributed by atoms with Crippen LogP contribution in [0.15, 0.2) is 42.5 Å². The molecule has 2 aromatic carbocycles. The number of nitrogens with zero attached hydrogens (tertiary/aromatic N) is 2. The van der Waals surface area contributed by atoms with E-state index in [1.54, 1.807) is 14.0 Å². The minimum atomic E-state index is -0.0778. The van der Waals surface area contributed by atoms with E-state index in [0.29, 0.717) is 18.9 Å². The first kappa shape index (κ1) is 17.9. The summed E-state index contributed by atoms with van der Waals surface area (Å²) >= 11 is 0. The van der Waals surface area contributed by atoms with Crippen LogP contribution in [-0.2, 0) is 11.2 Å². The second-order valence-corrected chi connectivity index (χ2v) is 7.09. The average Bonchev–Trinajstić information content (AvgIpc) is 3.08. The Labute approximate surface area is 160 Å². The number of amides is 1. The molecule has 2 heterocycles. The molecule has 0 N–H and O–H groups in total. The van der Waals surface area contributed by atoms with Gasteiger partial charge in [-0.05, 0) is 42.2 Å². The van der Waals surface area contributed by atoms with Crippen LogP contribution in [0.1, 0.15) is 42.7 Å². The summed E-state index contributed by atoms with van der Waals surface area (Å²) in [4.78, 5) is 16.9. The maximum Gasteiger partial charge on any atom is 0.221 e. The first-order valence-electron chi connectivity index (χ1n) is 9.55. The van der Waals surface area contributed by atoms with Crippen LogP contribution in [0.5, 0.6) is 11.5 Å². The van der Waals surface area contributed by atoms with Crippen LogP contribution in [0.4, 0.5) is 0 Å². The molecule has 5 heteroatoms. The van der Waals surface area contributed by atoms with Crippen LogP contribution in [0.3, 0.4) is 0 Å². The third kappa shape index (κ3) is 3.06. The molecular formula is C22H26N2O3. The number of methoxy groups -OCH3 is 1. The number of fused-ring (bicyclic) bond motifs is 3. The summed E-state index contributed by atoms with van der Waals surface area (Å²) in [5.74, 6) is 1.54. The Kier molecular flexibility index (Phi) is 4.79. The number of rotatable bonds is 4. The average molecular weight is 366 g/mol. The minimum Gasteiger partial charge on any atom is -0.493 e. The van der Waals surface area contributed by atoms with Crippen molar-refractivity contribution in [3.05, 3.63) is 59.2 Å². The second kappa shape index (κ2) is 7.24. The molecule has 0 aliphatic carbocycles. The third-order valence-electron chi connectivity index (χ3n) is 5.62. The maximum atomic E-state index is 12.5. The van der Waals surface area contributed by atoms with E-state index in [-0.39, 0.29) is 18.1 Å². The van der Waals surface area contributed by atoms with Gasteiger partial charge in [-0.3, -0.25) is 9.69 Å². The van der Waals surface area contributed by atoms with Gasteiger partial charge in [0.25, 0.3) is 0 Å². The van der Waals surface area contributed by atoms with Gasteiger partial charge in [-0.2, -0.15) is 0 Å². The van der Waals surface area contributed by atoms with Gasteiger partial charge in [-0.25, -0.2) is 0 Å². The Hall–Kier alpha value is -2.53. The molecule has 5 nitrogen and oxygen atoms in total. The van der Waals surface area contributed by atoms with Gasteiger partial charge in [0.2, 0.25) is 5.91 Å². The molecule has 0 radical (unpaired) electrons. The predicted molar refractivity (Wildman–Crippen MR) is 104 cm³/mol. The molecule has 1 amide bonds. The van der Waals surface area contributed by atoms with Crippen LogP contribution >= 0.6 is 0 Å². The molecule has 4 rings (SSSR count). The normalized spacial score (nSPS) is 21.5. The lowest BCUT2D eigenvalue weighted by molar-refractivity contribution is -0.131. The van der Waals surface area contributed by atoms with Crippen molar-refractivity contribution in [1.82, 2.24) is 9.80 Å². The van der Waals surface area contributed by atoms with E-state index in [1.807, 2.05) is 30.0 Å². The standard InChI is InChI=1S/C22H26N2O3/c1-4-27-21-13-17(9-10-20(21)26-3)22-23-12-11-16-7-5-6-8-18(16)19(23)14-24(22)15(2)25/h5-10,13,19,22H,4,11-12,14H2,1-3H3/t19-,22-/m1/s1. The topological polar surface area (TPSA) is 42.0 Å². The number of carbonyl (C=O) groups is 1. The van der Waals surface area contributed by atoms with Gasteiger partial charge in [-0.15, -0.1) is 0 Å². The van der Waals surface area contributed by atoms with Gasteiger partial charge in [0.15, 0.2) is 11.5 Å². The maximum absolute atomic E-state index is 12.5. The summed E-state index contributed by atoms with van der Waals surface area (Å²) in [5, 5.41) is 0. The zero-order chi connectivity index (χ0) is 19.0. The first-order valence-corrected chi connectivity index (χ1v) is 9.55. The Morgan fingerprint density at radius 1 is 1.19 bits per heavy atom. The predicted octanol–water partition coefficient (Wildman–Crippen LogP) is 3.55. The Morgan fingerprint density at radius 2 is 2.00 bits per heavy atom. The lowest BCUT2D eigenvalue weighted by Gasteiger charge is -2.35. The summed E-state index contributed by atoms with van der Waals surface area (Å²) < 4.78 is 11.2. The summed E-state index contributed by atoms with van der Waals surface area (Å²) in [7, 11) is 1.65. The van der Waals surface area contributed by atoms with Gasteiger partial charge in [-0.1, -0.05) is 30.3 Å². The van der Waals surface area contributed by atoms with E-state index in [1.165, 1.54) is 11.1 Å². The summed E-state index contributed by atoms with van der Waals surface area (Å²) in [5.41, 5.74) is 3.81. The van der Waals surface area contributed by atoms with E-state index >= 15 is 0 Å². The second-order valence-electron chi connectivity index (χ2n) is 7.09. The number of carbonyl (C=O) groups excluding carboxylic acids is 1. The number of ether oxygens (including phenoxy) is 2. The van der Waals surface area contributed by atoms with Crippen molar-refractivity contribution in [1.29, 1.82) is 0 Å². The van der Waals surface area contributed by atoms with E-state index < -0.39 is 0 Å². The molecule has 1 fully saturated rings. The van der Waals surface area contributed by atoms with Crippen molar-refractivity contribution in [2.45, 2.75) is 32.5 Å². The first-order chi connectivity index (χ1) is 13.1. The highest BCUT2D eigenvalue weighted by Crippen LogP contribution is 2.45. The van der Waals surface area contributed by atoms with Crippen molar-refractivity contribution >= 4 is 5.91 Å². The van der Waals surface area contributed by atoms with Gasteiger partial charge in [0, 0.05) is 20.0 Å². The van der Waals surface area contributed by atoms with Crippen molar-refractivity contribution in [3.63, 3.8) is 0 Å². The Balaban J connectivity index is 1.75. The number of hydrogen-bond donors (Lipinski definition) is 0. The summed E-state index contributed by atoms with van der Waals surface area (Å²) in [6.07, 6.45) is 0.926. The SMILES string of the molecule is CCOc1cc([C@H]2N(C(C)=O)C[C@@H]3c4ccccc4CCN32)ccc1OC. The molecule has 142 valence electrons. The lowest BCUT2D eigenvalue weighted by Crippen LogP contribution is -2.36. The molecule has 1 saturated heterocycles. The quantitative estimate of drug-likeness (QED) is 0.830. The highest BCUT2D eigenvalue weighted by molar-refractivity contribution is 5.74. The minimum absolute atomic E-state index is 0.0778. The zero-order valence-corrected chi connectivity index (χ0v) is 16.1. The van der Waals surface area contributed by atoms with Crippen LogP contribution in [0.2, 0.25) is 0 Å². The molecule has 0 saturated carbocycles. The highest BCUT2D eigenvalue weighted by Gasteiger charge is 2.44. The molecule has 27 heavy (non-hydrogen) atoms. The molecule has 2 aromatic rings. The molecule has 0 unspecified atom stereocenters. The number of benzene rings is 2. The van der Waals surface area contributed by atoms with E-state index in [9.17, 15) is 4.79 Å². The van der Waals surface area contributed by atoms with Crippen molar-refractivity contribution < 1.29 is 14.3 Å². The molecule has 0 bridgehead atoms. The fourth-order valence-electron chi connectivity index (χ4n) is 4.43. The van der Waals surface area contributed by atoms with Gasteiger partial charge in [0.05, 0.1) is 19.8 Å². The van der Waals surface area contributed by atoms with Crippen LogP contribution in [0.25, 0.3) is 0 Å². The zero-order valence-electron chi connectivity index (χ0n) is 16.1. The van der Waals surface area contributed by atoms with Crippen molar-refractivity contribution in [2.75, 3.05) is 26.8 Å². The van der Waals surface area contributed by atoms with Crippen molar-refractivity contribution in [3.8, 4) is 11.5 Å². The molecule has 2 atom stereocenters. The number of hydrogen-bond acceptors (Lipinski definition) is 4. The monoisotopic (exact) mass is 366 g/mol. The molecule has 0 spiro atoms. The Bertz CT molecular complexity index is 851. The Morgan fingerprint density at radius 3 is 2.74 bits per heavy atom. The lowest BCUT2D eigenvalue weighted by atomic mass is 9.93. The van der Waals surface area contributed by atoms with Gasteiger partial charge in [0.1, 0.15) is 6.17 Å². The van der Waals surface area contributed by atoms with E-state index in [2.05, 4.69) is 29.2 Å². The van der Waals surface area contributed by atoms with Crippen LogP contribution < -0.4 is 9.47 Å². The highest BCUT2D eigenvalue weighted by atomic mass is 16.5. The van der Waals surface area contributed by atoms with Crippen LogP contribution in [-0.4, -0.2) is 42.5 Å². The summed E-state index contributed by atoms with van der Waals surface area (Å²) in [6, 6.07) is 14.8. The fraction of sp³-hybridized carbons (Fsp3) is 0.409. The van der Waals surface area contributed by atoms with Gasteiger partial charge < -0.3 is 14.4 Å². The van der Waals surface area contributed by atoms with Crippen molar-refractivity contribution in [2.24, 2.45) is 0 Å². The van der Waals surface area contributed by atoms with E-state index in [0.717, 1.165) is 24.3 Å². The fourth-order valence-corrected chi connectivity index (χ4v) is 4.43. The third-order valence-corrected chi connectivity index (χ3v) is 5.62. The molecular weight excluding hydrogens is 340 g/mol.